The first-order valence-corrected chi connectivity index (χ1v) is 8.78. The van der Waals surface area contributed by atoms with Crippen LogP contribution in [-0.2, 0) is 11.2 Å². The number of nitrogens with one attached hydrogen (secondary N) is 2. The maximum atomic E-state index is 13.7. The molecule has 0 bridgehead atoms. The van der Waals surface area contributed by atoms with Gasteiger partial charge in [0.2, 0.25) is 5.91 Å². The third-order valence-electron chi connectivity index (χ3n) is 4.43. The van der Waals surface area contributed by atoms with E-state index in [1.165, 1.54) is 12.1 Å². The zero-order valence-electron chi connectivity index (χ0n) is 14.5. The van der Waals surface area contributed by atoms with Gasteiger partial charge in [-0.05, 0) is 30.5 Å². The molecule has 1 aliphatic rings. The van der Waals surface area contributed by atoms with E-state index in [1.54, 1.807) is 17.0 Å². The first kappa shape index (κ1) is 17.9. The lowest BCUT2D eigenvalue weighted by atomic mass is 10.0. The molecule has 0 saturated carbocycles. The van der Waals surface area contributed by atoms with Gasteiger partial charge in [0.05, 0.1) is 5.69 Å². The molecule has 1 heterocycles. The van der Waals surface area contributed by atoms with Gasteiger partial charge in [-0.1, -0.05) is 42.5 Å². The molecule has 1 fully saturated rings. The Hall–Kier alpha value is -2.89. The zero-order valence-corrected chi connectivity index (χ0v) is 14.5. The number of benzene rings is 2. The number of para-hydroxylation sites is 1. The second-order valence-electron chi connectivity index (χ2n) is 6.35. The number of halogens is 1. The van der Waals surface area contributed by atoms with Gasteiger partial charge in [-0.25, -0.2) is 9.18 Å². The van der Waals surface area contributed by atoms with Gasteiger partial charge in [0.1, 0.15) is 11.9 Å². The van der Waals surface area contributed by atoms with Crippen molar-refractivity contribution < 1.29 is 14.0 Å². The average Bonchev–Trinajstić information content (AvgIpc) is 3.18. The normalized spacial score (nSPS) is 14.7. The molecule has 26 heavy (non-hydrogen) atoms. The summed E-state index contributed by atoms with van der Waals surface area (Å²) < 4.78 is 13.7. The summed E-state index contributed by atoms with van der Waals surface area (Å²) in [6.07, 6.45) is 2.34. The molecule has 136 valence electrons. The fourth-order valence-electron chi connectivity index (χ4n) is 3.09. The summed E-state index contributed by atoms with van der Waals surface area (Å²) >= 11 is 0. The number of rotatable bonds is 5. The van der Waals surface area contributed by atoms with Crippen molar-refractivity contribution in [3.05, 3.63) is 66.0 Å². The Labute approximate surface area is 152 Å². The van der Waals surface area contributed by atoms with Gasteiger partial charge in [0, 0.05) is 19.5 Å². The van der Waals surface area contributed by atoms with E-state index in [-0.39, 0.29) is 11.6 Å². The number of nitrogens with zero attached hydrogens (tertiary/aromatic N) is 1. The summed E-state index contributed by atoms with van der Waals surface area (Å²) in [5, 5.41) is 5.19. The Morgan fingerprint density at radius 2 is 1.65 bits per heavy atom. The highest BCUT2D eigenvalue weighted by Gasteiger charge is 2.28. The van der Waals surface area contributed by atoms with Crippen LogP contribution in [0.4, 0.5) is 14.9 Å². The van der Waals surface area contributed by atoms with E-state index in [4.69, 9.17) is 0 Å². The van der Waals surface area contributed by atoms with Crippen LogP contribution >= 0.6 is 0 Å². The van der Waals surface area contributed by atoms with E-state index in [1.807, 2.05) is 30.3 Å². The summed E-state index contributed by atoms with van der Waals surface area (Å²) in [7, 11) is 0. The highest BCUT2D eigenvalue weighted by molar-refractivity contribution is 5.94. The van der Waals surface area contributed by atoms with Gasteiger partial charge in [-0.3, -0.25) is 4.79 Å². The van der Waals surface area contributed by atoms with Crippen molar-refractivity contribution in [2.75, 3.05) is 18.4 Å². The third kappa shape index (κ3) is 4.59. The van der Waals surface area contributed by atoms with Crippen LogP contribution in [0.3, 0.4) is 0 Å². The Kier molecular flexibility index (Phi) is 5.84. The van der Waals surface area contributed by atoms with E-state index in [0.717, 1.165) is 18.4 Å². The van der Waals surface area contributed by atoms with Gasteiger partial charge in [0.15, 0.2) is 0 Å². The summed E-state index contributed by atoms with van der Waals surface area (Å²) in [5.74, 6) is -0.622. The lowest BCUT2D eigenvalue weighted by Gasteiger charge is -2.24. The first-order valence-electron chi connectivity index (χ1n) is 8.78. The number of amides is 3. The predicted octanol–water partition coefficient (Wildman–Crippen LogP) is 3.18. The van der Waals surface area contributed by atoms with Gasteiger partial charge >= 0.3 is 6.03 Å². The summed E-state index contributed by atoms with van der Waals surface area (Å²) in [5.41, 5.74) is 1.04. The molecule has 1 aliphatic heterocycles. The molecular formula is C20H22FN3O2. The minimum atomic E-state index is -0.692. The standard InChI is InChI=1S/C20H22FN3O2/c21-16-10-4-5-11-17(16)22-20(26)23-18(14-15-8-2-1-3-9-15)19(25)24-12-6-7-13-24/h1-5,8-11,18H,6-7,12-14H2,(H2,22,23,26)/t18-/m0/s1. The Balaban J connectivity index is 1.70. The van der Waals surface area contributed by atoms with Crippen LogP contribution < -0.4 is 10.6 Å². The number of carbonyl (C=O) groups is 2. The number of hydrogen-bond donors (Lipinski definition) is 2. The molecule has 3 rings (SSSR count). The molecule has 1 saturated heterocycles. The number of anilines is 1. The molecule has 0 aliphatic carbocycles. The van der Waals surface area contributed by atoms with Gasteiger partial charge < -0.3 is 15.5 Å². The van der Waals surface area contributed by atoms with Crippen LogP contribution in [-0.4, -0.2) is 36.0 Å². The molecule has 0 unspecified atom stereocenters. The molecule has 2 N–H and O–H groups in total. The SMILES string of the molecule is O=C(Nc1ccccc1F)N[C@@H](Cc1ccccc1)C(=O)N1CCCC1. The van der Waals surface area contributed by atoms with E-state index in [0.29, 0.717) is 19.5 Å². The van der Waals surface area contributed by atoms with Crippen molar-refractivity contribution in [2.24, 2.45) is 0 Å². The van der Waals surface area contributed by atoms with Crippen LogP contribution in [0, 0.1) is 5.82 Å². The Morgan fingerprint density at radius 1 is 1.00 bits per heavy atom. The minimum absolute atomic E-state index is 0.0806. The van der Waals surface area contributed by atoms with Crippen molar-refractivity contribution >= 4 is 17.6 Å². The second-order valence-corrected chi connectivity index (χ2v) is 6.35. The lowest BCUT2D eigenvalue weighted by molar-refractivity contribution is -0.132. The molecule has 0 aromatic heterocycles. The van der Waals surface area contributed by atoms with Crippen molar-refractivity contribution in [3.63, 3.8) is 0 Å². The monoisotopic (exact) mass is 355 g/mol. The Bertz CT molecular complexity index is 761. The minimum Gasteiger partial charge on any atom is -0.341 e. The molecule has 6 heteroatoms. The quantitative estimate of drug-likeness (QED) is 0.865. The number of urea groups is 1. The average molecular weight is 355 g/mol. The van der Waals surface area contributed by atoms with Crippen LogP contribution in [0.1, 0.15) is 18.4 Å². The predicted molar refractivity (Wildman–Crippen MR) is 98.3 cm³/mol. The molecule has 3 amide bonds. The van der Waals surface area contributed by atoms with Crippen LogP contribution in [0.2, 0.25) is 0 Å². The molecule has 1 atom stereocenters. The third-order valence-corrected chi connectivity index (χ3v) is 4.43. The van der Waals surface area contributed by atoms with Crippen LogP contribution in [0.25, 0.3) is 0 Å². The van der Waals surface area contributed by atoms with E-state index in [2.05, 4.69) is 10.6 Å². The number of hydrogen-bond acceptors (Lipinski definition) is 2. The summed E-state index contributed by atoms with van der Waals surface area (Å²) in [6, 6.07) is 14.2. The molecular weight excluding hydrogens is 333 g/mol. The summed E-state index contributed by atoms with van der Waals surface area (Å²) in [4.78, 5) is 26.9. The van der Waals surface area contributed by atoms with Crippen molar-refractivity contribution in [1.82, 2.24) is 10.2 Å². The second kappa shape index (κ2) is 8.47. The fourth-order valence-corrected chi connectivity index (χ4v) is 3.09. The van der Waals surface area contributed by atoms with Crippen LogP contribution in [0.15, 0.2) is 54.6 Å². The smallest absolute Gasteiger partial charge is 0.319 e. The molecule has 0 radical (unpaired) electrons. The van der Waals surface area contributed by atoms with Gasteiger partial charge in [0.25, 0.3) is 0 Å². The first-order chi connectivity index (χ1) is 12.6. The zero-order chi connectivity index (χ0) is 18.4. The molecule has 2 aromatic carbocycles. The van der Waals surface area contributed by atoms with E-state index >= 15 is 0 Å². The van der Waals surface area contributed by atoms with Crippen molar-refractivity contribution in [1.29, 1.82) is 0 Å². The molecule has 5 nitrogen and oxygen atoms in total. The van der Waals surface area contributed by atoms with Crippen molar-refractivity contribution in [3.8, 4) is 0 Å². The highest BCUT2D eigenvalue weighted by Crippen LogP contribution is 2.14. The molecule has 2 aromatic rings. The maximum Gasteiger partial charge on any atom is 0.319 e. The van der Waals surface area contributed by atoms with Gasteiger partial charge in [-0.2, -0.15) is 0 Å². The largest absolute Gasteiger partial charge is 0.341 e. The van der Waals surface area contributed by atoms with Gasteiger partial charge in [-0.15, -0.1) is 0 Å². The molecule has 0 spiro atoms. The van der Waals surface area contributed by atoms with E-state index in [9.17, 15) is 14.0 Å². The van der Waals surface area contributed by atoms with E-state index < -0.39 is 17.9 Å². The van der Waals surface area contributed by atoms with Crippen molar-refractivity contribution in [2.45, 2.75) is 25.3 Å². The lowest BCUT2D eigenvalue weighted by Crippen LogP contribution is -2.50. The number of carbonyl (C=O) groups excluding carboxylic acids is 2. The highest BCUT2D eigenvalue weighted by atomic mass is 19.1. The topological polar surface area (TPSA) is 61.4 Å². The van der Waals surface area contributed by atoms with Crippen LogP contribution in [0.5, 0.6) is 0 Å². The maximum absolute atomic E-state index is 13.7. The fraction of sp³-hybridized carbons (Fsp3) is 0.300. The Morgan fingerprint density at radius 3 is 2.35 bits per heavy atom. The number of likely N-dealkylation sites (tertiary alicyclic amines) is 1. The summed E-state index contributed by atoms with van der Waals surface area (Å²) in [6.45, 7) is 1.42.